The van der Waals surface area contributed by atoms with Crippen LogP contribution in [-0.2, 0) is 32.5 Å². The van der Waals surface area contributed by atoms with Gasteiger partial charge in [0.1, 0.15) is 39.9 Å². The number of rotatable bonds is 16. The van der Waals surface area contributed by atoms with Gasteiger partial charge in [0.2, 0.25) is 0 Å². The largest absolute Gasteiger partial charge is 0.481 e. The van der Waals surface area contributed by atoms with E-state index in [0.29, 0.717) is 23.0 Å². The SMILES string of the molecule is CCOP(=O)(C1c2ccc(C)cc2Oc2cc(N(C)C)ccc21)N(C)CCC(=O)O.CCOP(=O)(C1c2ccc(C)cc2Oc2cc(N(C)C)ccc21)N(C)CCC(=O)OC(C)(C)C.ClCCl. The number of carbonyl (C=O) groups excluding carboxylic acids is 1. The summed E-state index contributed by atoms with van der Waals surface area (Å²) in [5, 5.41) is 9.31. The third-order valence-corrected chi connectivity index (χ3v) is 16.9. The van der Waals surface area contributed by atoms with E-state index < -0.39 is 37.9 Å². The van der Waals surface area contributed by atoms with Crippen molar-refractivity contribution in [3.05, 3.63) is 106 Å². The lowest BCUT2D eigenvalue weighted by Gasteiger charge is -2.38. The number of carboxylic acid groups (broad SMARTS) is 1. The van der Waals surface area contributed by atoms with Gasteiger partial charge < -0.3 is 38.2 Å². The summed E-state index contributed by atoms with van der Waals surface area (Å²) in [6.45, 7) is 14.0. The smallest absolute Gasteiger partial charge is 0.307 e. The van der Waals surface area contributed by atoms with Crippen molar-refractivity contribution in [2.45, 2.75) is 78.2 Å². The van der Waals surface area contributed by atoms with E-state index in [1.807, 2.05) is 152 Å². The molecular weight excluding hydrogens is 937 g/mol. The highest BCUT2D eigenvalue weighted by atomic mass is 35.5. The number of hydrogen-bond donors (Lipinski definition) is 1. The third-order valence-electron chi connectivity index (χ3n) is 10.9. The molecule has 18 heteroatoms. The number of carboxylic acids is 1. The number of aryl methyl sites for hydroxylation is 2. The molecule has 0 aromatic heterocycles. The van der Waals surface area contributed by atoms with E-state index in [0.717, 1.165) is 44.8 Å². The van der Waals surface area contributed by atoms with Crippen molar-refractivity contribution in [2.75, 3.05) is 83.7 Å². The first-order valence-electron chi connectivity index (χ1n) is 22.1. The van der Waals surface area contributed by atoms with Crippen molar-refractivity contribution in [1.29, 1.82) is 0 Å². The van der Waals surface area contributed by atoms with Crippen molar-refractivity contribution in [3.63, 3.8) is 0 Å². The maximum absolute atomic E-state index is 14.7. The molecule has 0 aliphatic carbocycles. The van der Waals surface area contributed by atoms with Crippen molar-refractivity contribution < 1.29 is 47.1 Å². The third kappa shape index (κ3) is 13.8. The van der Waals surface area contributed by atoms with Crippen LogP contribution in [0.25, 0.3) is 0 Å². The zero-order valence-corrected chi connectivity index (χ0v) is 44.4. The Morgan fingerprint density at radius 3 is 1.30 bits per heavy atom. The zero-order valence-electron chi connectivity index (χ0n) is 41.1. The topological polar surface area (TPSA) is 148 Å². The van der Waals surface area contributed by atoms with Crippen LogP contribution >= 0.6 is 38.2 Å². The second-order valence-electron chi connectivity index (χ2n) is 17.6. The number of halogens is 2. The van der Waals surface area contributed by atoms with Crippen molar-refractivity contribution >= 4 is 61.6 Å². The fourth-order valence-corrected chi connectivity index (χ4v) is 12.9. The number of hydrogen-bond acceptors (Lipinski definition) is 11. The minimum Gasteiger partial charge on any atom is -0.481 e. The molecule has 0 spiro atoms. The average Bonchev–Trinajstić information content (AvgIpc) is 3.25. The van der Waals surface area contributed by atoms with E-state index in [4.69, 9.17) is 51.6 Å². The fraction of sp³-hybridized carbons (Fsp3) is 0.469. The number of anilines is 2. The molecule has 2 aliphatic rings. The Morgan fingerprint density at radius 1 is 0.627 bits per heavy atom. The number of nitrogens with zero attached hydrogens (tertiary/aromatic N) is 4. The Hall–Kier alpha value is -4.10. The lowest BCUT2D eigenvalue weighted by atomic mass is 9.98. The number of alkyl halides is 2. The van der Waals surface area contributed by atoms with E-state index in [1.165, 1.54) is 0 Å². The first kappa shape index (κ1) is 55.5. The van der Waals surface area contributed by atoms with Crippen molar-refractivity contribution in [3.8, 4) is 23.0 Å². The second-order valence-corrected chi connectivity index (χ2v) is 23.6. The Balaban J connectivity index is 0.000000278. The van der Waals surface area contributed by atoms with Gasteiger partial charge in [-0.15, -0.1) is 23.2 Å². The van der Waals surface area contributed by atoms with Crippen LogP contribution in [0.5, 0.6) is 23.0 Å². The Bertz CT molecular complexity index is 2450. The van der Waals surface area contributed by atoms with Gasteiger partial charge in [-0.25, -0.2) is 9.34 Å². The maximum Gasteiger partial charge on any atom is 0.307 e. The summed E-state index contributed by atoms with van der Waals surface area (Å²) < 4.78 is 62.2. The molecule has 4 aromatic rings. The average molecular weight is 1010 g/mol. The Labute approximate surface area is 407 Å². The first-order valence-corrected chi connectivity index (χ1v) is 26.5. The molecule has 4 unspecified atom stereocenters. The van der Waals surface area contributed by atoms with Gasteiger partial charge in [-0.2, -0.15) is 0 Å². The number of benzene rings is 4. The molecule has 2 heterocycles. The predicted molar refractivity (Wildman–Crippen MR) is 271 cm³/mol. The Kier molecular flexibility index (Phi) is 19.8. The molecule has 0 fully saturated rings. The number of esters is 1. The summed E-state index contributed by atoms with van der Waals surface area (Å²) in [4.78, 5) is 27.5. The highest BCUT2D eigenvalue weighted by Crippen LogP contribution is 2.70. The number of aliphatic carboxylic acids is 1. The molecule has 0 saturated heterocycles. The van der Waals surface area contributed by atoms with E-state index in [2.05, 4.69) is 0 Å². The lowest BCUT2D eigenvalue weighted by Crippen LogP contribution is -2.29. The molecule has 0 saturated carbocycles. The van der Waals surface area contributed by atoms with Crippen molar-refractivity contribution in [1.82, 2.24) is 9.34 Å². The summed E-state index contributed by atoms with van der Waals surface area (Å²) in [6.07, 6.45) is -0.00873. The number of fused-ring (bicyclic) bond motifs is 4. The molecule has 4 aromatic carbocycles. The summed E-state index contributed by atoms with van der Waals surface area (Å²) in [7, 11) is 4.28. The normalized spacial score (nSPS) is 16.4. The van der Waals surface area contributed by atoms with Gasteiger partial charge >= 0.3 is 11.9 Å². The number of ether oxygens (including phenoxy) is 3. The molecule has 14 nitrogen and oxygen atoms in total. The summed E-state index contributed by atoms with van der Waals surface area (Å²) >= 11 is 9.53. The highest BCUT2D eigenvalue weighted by molar-refractivity contribution is 7.57. The van der Waals surface area contributed by atoms with Gasteiger partial charge in [0.15, 0.2) is 0 Å². The lowest BCUT2D eigenvalue weighted by molar-refractivity contribution is -0.154. The van der Waals surface area contributed by atoms with Gasteiger partial charge in [0.25, 0.3) is 15.0 Å². The molecule has 0 amide bonds. The quantitative estimate of drug-likeness (QED) is 0.0645. The van der Waals surface area contributed by atoms with Crippen LogP contribution in [0.4, 0.5) is 11.4 Å². The summed E-state index contributed by atoms with van der Waals surface area (Å²) in [5.74, 6) is 1.35. The van der Waals surface area contributed by atoms with Crippen LogP contribution in [0.2, 0.25) is 0 Å². The van der Waals surface area contributed by atoms with Crippen LogP contribution < -0.4 is 19.3 Å². The van der Waals surface area contributed by atoms with Gasteiger partial charge in [-0.05, 0) is 98.0 Å². The van der Waals surface area contributed by atoms with E-state index in [1.54, 1.807) is 30.4 Å². The molecule has 6 rings (SSSR count). The van der Waals surface area contributed by atoms with Gasteiger partial charge in [0, 0.05) is 87.0 Å². The van der Waals surface area contributed by atoms with Gasteiger partial charge in [-0.3, -0.25) is 18.7 Å². The zero-order chi connectivity index (χ0) is 50.0. The monoisotopic (exact) mass is 1000 g/mol. The van der Waals surface area contributed by atoms with Gasteiger partial charge in [0.05, 0.1) is 31.4 Å². The summed E-state index contributed by atoms with van der Waals surface area (Å²) in [6, 6.07) is 23.5. The molecular formula is C49H68Cl2N4O10P2. The van der Waals surface area contributed by atoms with Crippen LogP contribution in [-0.4, -0.2) is 106 Å². The Morgan fingerprint density at radius 2 is 0.970 bits per heavy atom. The van der Waals surface area contributed by atoms with Crippen LogP contribution in [0, 0.1) is 13.8 Å². The molecule has 1 N–H and O–H groups in total. The molecule has 0 bridgehead atoms. The fourth-order valence-electron chi connectivity index (χ4n) is 7.71. The van der Waals surface area contributed by atoms with E-state index in [-0.39, 0.29) is 50.5 Å². The molecule has 67 heavy (non-hydrogen) atoms. The molecule has 4 atom stereocenters. The summed E-state index contributed by atoms with van der Waals surface area (Å²) in [5.41, 5.74) is 5.52. The van der Waals surface area contributed by atoms with Crippen molar-refractivity contribution in [2.24, 2.45) is 0 Å². The first-order chi connectivity index (χ1) is 31.4. The van der Waals surface area contributed by atoms with E-state index >= 15 is 0 Å². The minimum atomic E-state index is -3.48. The molecule has 2 aliphatic heterocycles. The molecule has 0 radical (unpaired) electrons. The second kappa shape index (κ2) is 24.0. The van der Waals surface area contributed by atoms with Crippen LogP contribution in [0.3, 0.4) is 0 Å². The van der Waals surface area contributed by atoms with Crippen LogP contribution in [0.15, 0.2) is 72.8 Å². The highest BCUT2D eigenvalue weighted by Gasteiger charge is 2.47. The standard InChI is InChI=1S/C26H37N2O5P.C22H29N2O5P.CH2Cl2/c1-9-31-34(30,28(8)15-14-24(29)33-26(3,4)5)25-20-12-10-18(2)16-22(20)32-23-17-19(27(6)7)11-13-21(23)25;1-6-28-30(27,24(5)12-11-21(25)26)22-17-9-7-15(2)13-19(17)29-20-14-16(23(3)4)8-10-18(20)22;2-1-3/h10-13,16-17,25H,9,14-15H2,1-8H3;7-10,13-14,22H,6,11-12H2,1-5H3,(H,25,26);1H2. The van der Waals surface area contributed by atoms with E-state index in [9.17, 15) is 18.7 Å². The predicted octanol–water partition coefficient (Wildman–Crippen LogP) is 12.5. The van der Waals surface area contributed by atoms with Gasteiger partial charge in [-0.1, -0.05) is 36.4 Å². The maximum atomic E-state index is 14.7. The van der Waals surface area contributed by atoms with Crippen LogP contribution in [0.1, 0.15) is 92.2 Å². The molecule has 368 valence electrons. The number of carbonyl (C=O) groups is 2. The minimum absolute atomic E-state index is 0.112.